The molecule has 2 aromatic heterocycles. The van der Waals surface area contributed by atoms with Crippen LogP contribution >= 0.6 is 11.6 Å². The van der Waals surface area contributed by atoms with Crippen molar-refractivity contribution in [1.82, 2.24) is 9.97 Å². The number of carbonyl (C=O) groups is 1. The Morgan fingerprint density at radius 3 is 2.74 bits per heavy atom. The van der Waals surface area contributed by atoms with Crippen LogP contribution in [0.4, 0.5) is 11.5 Å². The first kappa shape index (κ1) is 13.3. The van der Waals surface area contributed by atoms with Crippen LogP contribution < -0.4 is 10.6 Å². The summed E-state index contributed by atoms with van der Waals surface area (Å²) in [5, 5.41) is 5.87. The van der Waals surface area contributed by atoms with Gasteiger partial charge in [-0.1, -0.05) is 11.6 Å². The molecule has 6 heteroatoms. The van der Waals surface area contributed by atoms with Crippen LogP contribution in [-0.2, 0) is 0 Å². The number of halogens is 1. The van der Waals surface area contributed by atoms with Gasteiger partial charge < -0.3 is 10.6 Å². The average Bonchev–Trinajstić information content (AvgIpc) is 2.38. The van der Waals surface area contributed by atoms with Crippen molar-refractivity contribution in [2.75, 3.05) is 17.7 Å². The predicted molar refractivity (Wildman–Crippen MR) is 75.7 cm³/mol. The quantitative estimate of drug-likeness (QED) is 0.846. The second-order valence-corrected chi connectivity index (χ2v) is 4.41. The summed E-state index contributed by atoms with van der Waals surface area (Å²) in [4.78, 5) is 20.1. The van der Waals surface area contributed by atoms with Gasteiger partial charge in [0.2, 0.25) is 0 Å². The number of hydrogen-bond donors (Lipinski definition) is 2. The predicted octanol–water partition coefficient (Wildman–Crippen LogP) is 2.73. The number of pyridine rings is 2. The zero-order valence-electron chi connectivity index (χ0n) is 10.6. The number of amides is 1. The molecule has 1 amide bonds. The molecule has 5 nitrogen and oxygen atoms in total. The maximum absolute atomic E-state index is 12.1. The minimum absolute atomic E-state index is 0.256. The van der Waals surface area contributed by atoms with Crippen molar-refractivity contribution in [3.05, 3.63) is 46.9 Å². The molecule has 0 fully saturated rings. The van der Waals surface area contributed by atoms with E-state index in [0.717, 1.165) is 5.56 Å². The number of rotatable bonds is 3. The Labute approximate surface area is 116 Å². The highest BCUT2D eigenvalue weighted by atomic mass is 35.5. The third-order valence-corrected chi connectivity index (χ3v) is 2.64. The molecule has 2 N–H and O–H groups in total. The van der Waals surface area contributed by atoms with E-state index in [-0.39, 0.29) is 11.1 Å². The third-order valence-electron chi connectivity index (χ3n) is 2.45. The van der Waals surface area contributed by atoms with Gasteiger partial charge in [-0.15, -0.1) is 0 Å². The number of nitrogens with zero attached hydrogens (tertiary/aromatic N) is 2. The Bertz CT molecular complexity index is 615. The number of aryl methyl sites for hydroxylation is 1. The number of carbonyl (C=O) groups excluding carboxylic acids is 1. The van der Waals surface area contributed by atoms with E-state index in [1.807, 2.05) is 13.0 Å². The van der Waals surface area contributed by atoms with Crippen molar-refractivity contribution in [3.8, 4) is 0 Å². The molecule has 2 rings (SSSR count). The van der Waals surface area contributed by atoms with E-state index in [2.05, 4.69) is 20.6 Å². The fraction of sp³-hybridized carbons (Fsp3) is 0.154. The summed E-state index contributed by atoms with van der Waals surface area (Å²) in [5.41, 5.74) is 2.05. The standard InChI is InChI=1S/C13H13ClN4O/c1-8-3-10(7-16-6-8)17-13(19)9-4-11(14)18-12(5-9)15-2/h3-7H,1-2H3,(H,15,18)(H,17,19). The lowest BCUT2D eigenvalue weighted by atomic mass is 10.2. The van der Waals surface area contributed by atoms with Crippen LogP contribution in [0.1, 0.15) is 15.9 Å². The smallest absolute Gasteiger partial charge is 0.255 e. The molecule has 2 aromatic rings. The highest BCUT2D eigenvalue weighted by Crippen LogP contribution is 2.16. The number of anilines is 2. The molecule has 0 radical (unpaired) electrons. The normalized spacial score (nSPS) is 10.1. The summed E-state index contributed by atoms with van der Waals surface area (Å²) in [5.74, 6) is 0.285. The summed E-state index contributed by atoms with van der Waals surface area (Å²) in [6.07, 6.45) is 3.31. The van der Waals surface area contributed by atoms with Gasteiger partial charge in [-0.25, -0.2) is 4.98 Å². The monoisotopic (exact) mass is 276 g/mol. The van der Waals surface area contributed by atoms with Gasteiger partial charge in [0.15, 0.2) is 0 Å². The topological polar surface area (TPSA) is 66.9 Å². The molecule has 0 saturated carbocycles. The summed E-state index contributed by atoms with van der Waals surface area (Å²) < 4.78 is 0. The maximum atomic E-state index is 12.1. The lowest BCUT2D eigenvalue weighted by Crippen LogP contribution is -2.13. The minimum Gasteiger partial charge on any atom is -0.373 e. The van der Waals surface area contributed by atoms with Gasteiger partial charge in [-0.05, 0) is 30.7 Å². The van der Waals surface area contributed by atoms with Gasteiger partial charge in [0, 0.05) is 18.8 Å². The number of hydrogen-bond acceptors (Lipinski definition) is 4. The summed E-state index contributed by atoms with van der Waals surface area (Å²) in [6.45, 7) is 1.91. The van der Waals surface area contributed by atoms with Crippen LogP contribution in [0.3, 0.4) is 0 Å². The largest absolute Gasteiger partial charge is 0.373 e. The highest BCUT2D eigenvalue weighted by Gasteiger charge is 2.09. The maximum Gasteiger partial charge on any atom is 0.255 e. The van der Waals surface area contributed by atoms with Crippen molar-refractivity contribution < 1.29 is 4.79 Å². The molecule has 0 aliphatic carbocycles. The van der Waals surface area contributed by atoms with Crippen molar-refractivity contribution in [2.24, 2.45) is 0 Å². The van der Waals surface area contributed by atoms with Gasteiger partial charge in [0.05, 0.1) is 11.9 Å². The molecular formula is C13H13ClN4O. The van der Waals surface area contributed by atoms with Crippen LogP contribution in [0.25, 0.3) is 0 Å². The Balaban J connectivity index is 2.22. The first-order chi connectivity index (χ1) is 9.08. The molecule has 0 bridgehead atoms. The zero-order chi connectivity index (χ0) is 13.8. The molecule has 0 spiro atoms. The van der Waals surface area contributed by atoms with Gasteiger partial charge in [0.1, 0.15) is 11.0 Å². The van der Waals surface area contributed by atoms with Crippen LogP contribution in [0, 0.1) is 6.92 Å². The van der Waals surface area contributed by atoms with Crippen molar-refractivity contribution in [3.63, 3.8) is 0 Å². The Kier molecular flexibility index (Phi) is 3.97. The average molecular weight is 277 g/mol. The minimum atomic E-state index is -0.256. The van der Waals surface area contributed by atoms with E-state index in [1.54, 1.807) is 25.5 Å². The summed E-state index contributed by atoms with van der Waals surface area (Å²) in [6, 6.07) is 4.98. The number of nitrogens with one attached hydrogen (secondary N) is 2. The highest BCUT2D eigenvalue weighted by molar-refractivity contribution is 6.30. The van der Waals surface area contributed by atoms with Gasteiger partial charge >= 0.3 is 0 Å². The van der Waals surface area contributed by atoms with Crippen molar-refractivity contribution in [2.45, 2.75) is 6.92 Å². The molecule has 0 unspecified atom stereocenters. The molecule has 0 saturated heterocycles. The fourth-order valence-corrected chi connectivity index (χ4v) is 1.79. The van der Waals surface area contributed by atoms with E-state index in [1.165, 1.54) is 6.07 Å². The van der Waals surface area contributed by atoms with Crippen molar-refractivity contribution in [1.29, 1.82) is 0 Å². The van der Waals surface area contributed by atoms with E-state index in [0.29, 0.717) is 17.1 Å². The Morgan fingerprint density at radius 1 is 1.26 bits per heavy atom. The van der Waals surface area contributed by atoms with E-state index in [9.17, 15) is 4.79 Å². The van der Waals surface area contributed by atoms with Crippen LogP contribution in [-0.4, -0.2) is 22.9 Å². The van der Waals surface area contributed by atoms with E-state index in [4.69, 9.17) is 11.6 Å². The summed E-state index contributed by atoms with van der Waals surface area (Å²) in [7, 11) is 1.71. The van der Waals surface area contributed by atoms with E-state index < -0.39 is 0 Å². The zero-order valence-corrected chi connectivity index (χ0v) is 11.3. The van der Waals surface area contributed by atoms with Crippen molar-refractivity contribution >= 4 is 29.0 Å². The molecule has 0 aliphatic heterocycles. The molecule has 2 heterocycles. The molecule has 19 heavy (non-hydrogen) atoms. The molecule has 0 aromatic carbocycles. The van der Waals surface area contributed by atoms with Crippen LogP contribution in [0.2, 0.25) is 5.15 Å². The Morgan fingerprint density at radius 2 is 2.05 bits per heavy atom. The molecule has 98 valence electrons. The van der Waals surface area contributed by atoms with E-state index >= 15 is 0 Å². The van der Waals surface area contributed by atoms with Crippen LogP contribution in [0.5, 0.6) is 0 Å². The second-order valence-electron chi connectivity index (χ2n) is 4.02. The van der Waals surface area contributed by atoms with Gasteiger partial charge in [0.25, 0.3) is 5.91 Å². The fourth-order valence-electron chi connectivity index (χ4n) is 1.58. The third kappa shape index (κ3) is 3.42. The summed E-state index contributed by atoms with van der Waals surface area (Å²) >= 11 is 5.86. The van der Waals surface area contributed by atoms with Gasteiger partial charge in [-0.2, -0.15) is 0 Å². The Hall–Kier alpha value is -2.14. The molecule has 0 atom stereocenters. The lowest BCUT2D eigenvalue weighted by Gasteiger charge is -2.07. The lowest BCUT2D eigenvalue weighted by molar-refractivity contribution is 0.102. The molecular weight excluding hydrogens is 264 g/mol. The first-order valence-corrected chi connectivity index (χ1v) is 6.04. The SMILES string of the molecule is CNc1cc(C(=O)Nc2cncc(C)c2)cc(Cl)n1. The number of aromatic nitrogens is 2. The first-order valence-electron chi connectivity index (χ1n) is 5.67. The van der Waals surface area contributed by atoms with Gasteiger partial charge in [-0.3, -0.25) is 9.78 Å². The molecule has 0 aliphatic rings. The van der Waals surface area contributed by atoms with Crippen LogP contribution in [0.15, 0.2) is 30.6 Å². The second kappa shape index (κ2) is 5.67.